The van der Waals surface area contributed by atoms with Gasteiger partial charge in [-0.1, -0.05) is 39.0 Å². The quantitative estimate of drug-likeness (QED) is 0.887. The first-order valence-electron chi connectivity index (χ1n) is 7.12. The number of sulfonamides is 1. The predicted octanol–water partition coefficient (Wildman–Crippen LogP) is 3.03. The van der Waals surface area contributed by atoms with Crippen LogP contribution >= 0.6 is 11.3 Å². The number of benzene rings is 1. The SMILES string of the molecule is CCN(CC(C)C)S(=O)(=O)c1c(CN)sc2ccccc12. The molecule has 0 aliphatic rings. The molecule has 1 aromatic carbocycles. The second kappa shape index (κ2) is 6.44. The van der Waals surface area contributed by atoms with E-state index in [9.17, 15) is 8.42 Å². The maximum absolute atomic E-state index is 13.0. The molecule has 4 nitrogen and oxygen atoms in total. The Morgan fingerprint density at radius 3 is 2.52 bits per heavy atom. The molecule has 0 radical (unpaired) electrons. The normalized spacial score (nSPS) is 12.7. The van der Waals surface area contributed by atoms with E-state index in [-0.39, 0.29) is 12.5 Å². The number of nitrogens with two attached hydrogens (primary N) is 1. The first kappa shape index (κ1) is 16.4. The number of hydrogen-bond donors (Lipinski definition) is 1. The molecule has 1 aromatic heterocycles. The predicted molar refractivity (Wildman–Crippen MR) is 89.0 cm³/mol. The topological polar surface area (TPSA) is 63.4 Å². The van der Waals surface area contributed by atoms with Crippen LogP contribution in [0.1, 0.15) is 25.6 Å². The lowest BCUT2D eigenvalue weighted by Gasteiger charge is -2.22. The van der Waals surface area contributed by atoms with Gasteiger partial charge in [0.25, 0.3) is 0 Å². The van der Waals surface area contributed by atoms with Crippen LogP contribution in [-0.2, 0) is 16.6 Å². The third-order valence-electron chi connectivity index (χ3n) is 3.32. The minimum absolute atomic E-state index is 0.243. The highest BCUT2D eigenvalue weighted by atomic mass is 32.2. The summed E-state index contributed by atoms with van der Waals surface area (Å²) in [4.78, 5) is 1.13. The van der Waals surface area contributed by atoms with E-state index in [0.29, 0.717) is 18.0 Å². The number of rotatable bonds is 6. The van der Waals surface area contributed by atoms with Crippen molar-refractivity contribution in [2.75, 3.05) is 13.1 Å². The number of thiophene rings is 1. The van der Waals surface area contributed by atoms with Gasteiger partial charge in [-0.3, -0.25) is 0 Å². The van der Waals surface area contributed by atoms with E-state index in [1.54, 1.807) is 4.31 Å². The summed E-state index contributed by atoms with van der Waals surface area (Å²) in [7, 11) is -3.51. The van der Waals surface area contributed by atoms with Crippen molar-refractivity contribution in [3.8, 4) is 0 Å². The van der Waals surface area contributed by atoms with Gasteiger partial charge in [0.2, 0.25) is 10.0 Å². The second-order valence-corrected chi connectivity index (χ2v) is 8.42. The van der Waals surface area contributed by atoms with Crippen LogP contribution in [0.15, 0.2) is 29.2 Å². The van der Waals surface area contributed by atoms with Crippen molar-refractivity contribution < 1.29 is 8.42 Å². The molecule has 6 heteroatoms. The summed E-state index contributed by atoms with van der Waals surface area (Å²) in [6.45, 7) is 7.15. The zero-order valence-corrected chi connectivity index (χ0v) is 14.3. The summed E-state index contributed by atoms with van der Waals surface area (Å²) < 4.78 is 28.6. The maximum Gasteiger partial charge on any atom is 0.244 e. The minimum atomic E-state index is -3.51. The lowest BCUT2D eigenvalue weighted by molar-refractivity contribution is 0.381. The molecular weight excluding hydrogens is 304 g/mol. The molecule has 0 atom stereocenters. The molecule has 2 N–H and O–H groups in total. The van der Waals surface area contributed by atoms with Crippen molar-refractivity contribution in [1.29, 1.82) is 0 Å². The highest BCUT2D eigenvalue weighted by Crippen LogP contribution is 2.36. The summed E-state index contributed by atoms with van der Waals surface area (Å²) in [5.41, 5.74) is 5.78. The van der Waals surface area contributed by atoms with Crippen molar-refractivity contribution in [2.45, 2.75) is 32.2 Å². The van der Waals surface area contributed by atoms with Crippen LogP contribution in [0.4, 0.5) is 0 Å². The van der Waals surface area contributed by atoms with Gasteiger partial charge in [0.05, 0.1) is 0 Å². The monoisotopic (exact) mass is 326 g/mol. The van der Waals surface area contributed by atoms with E-state index in [0.717, 1.165) is 15.0 Å². The number of hydrogen-bond acceptors (Lipinski definition) is 4. The largest absolute Gasteiger partial charge is 0.326 e. The van der Waals surface area contributed by atoms with Crippen LogP contribution in [0.2, 0.25) is 0 Å². The molecule has 0 bridgehead atoms. The average molecular weight is 326 g/mol. The highest BCUT2D eigenvalue weighted by Gasteiger charge is 2.29. The molecule has 0 aliphatic carbocycles. The van der Waals surface area contributed by atoms with Crippen molar-refractivity contribution in [2.24, 2.45) is 11.7 Å². The standard InChI is InChI=1S/C15H22N2O2S2/c1-4-17(10-11(2)3)21(18,19)15-12-7-5-6-8-13(12)20-14(15)9-16/h5-8,11H,4,9-10,16H2,1-3H3. The van der Waals surface area contributed by atoms with Crippen molar-refractivity contribution in [1.82, 2.24) is 4.31 Å². The molecule has 1 heterocycles. The Labute approximate surface area is 130 Å². The molecule has 0 amide bonds. The van der Waals surface area contributed by atoms with Crippen LogP contribution < -0.4 is 5.73 Å². The highest BCUT2D eigenvalue weighted by molar-refractivity contribution is 7.89. The summed E-state index contributed by atoms with van der Waals surface area (Å²) in [6.07, 6.45) is 0. The Morgan fingerprint density at radius 2 is 1.95 bits per heavy atom. The van der Waals surface area contributed by atoms with Gasteiger partial charge >= 0.3 is 0 Å². The number of nitrogens with zero attached hydrogens (tertiary/aromatic N) is 1. The molecular formula is C15H22N2O2S2. The molecule has 21 heavy (non-hydrogen) atoms. The van der Waals surface area contributed by atoms with E-state index in [2.05, 4.69) is 0 Å². The Hall–Kier alpha value is -0.950. The molecule has 0 unspecified atom stereocenters. The smallest absolute Gasteiger partial charge is 0.244 e. The molecule has 2 aromatic rings. The average Bonchev–Trinajstić information content (AvgIpc) is 2.83. The van der Waals surface area contributed by atoms with Gasteiger partial charge in [0.1, 0.15) is 4.90 Å². The Balaban J connectivity index is 2.63. The lowest BCUT2D eigenvalue weighted by Crippen LogP contribution is -2.34. The molecule has 0 saturated carbocycles. The first-order chi connectivity index (χ1) is 9.91. The Kier molecular flexibility index (Phi) is 5.03. The zero-order valence-electron chi connectivity index (χ0n) is 12.7. The molecule has 0 aliphatic heterocycles. The van der Waals surface area contributed by atoms with Crippen LogP contribution in [0.25, 0.3) is 10.1 Å². The molecule has 0 fully saturated rings. The number of fused-ring (bicyclic) bond motifs is 1. The van der Waals surface area contributed by atoms with Gasteiger partial charge < -0.3 is 5.73 Å². The van der Waals surface area contributed by atoms with Gasteiger partial charge in [-0.05, 0) is 12.0 Å². The van der Waals surface area contributed by atoms with Crippen molar-refractivity contribution in [3.63, 3.8) is 0 Å². The molecule has 2 rings (SSSR count). The fraction of sp³-hybridized carbons (Fsp3) is 0.467. The lowest BCUT2D eigenvalue weighted by atomic mass is 10.2. The summed E-state index contributed by atoms with van der Waals surface area (Å²) in [6, 6.07) is 7.59. The van der Waals surface area contributed by atoms with E-state index in [1.807, 2.05) is 45.0 Å². The molecule has 116 valence electrons. The Bertz CT molecular complexity index is 720. The van der Waals surface area contributed by atoms with Crippen molar-refractivity contribution >= 4 is 31.4 Å². The van der Waals surface area contributed by atoms with Gasteiger partial charge in [-0.2, -0.15) is 4.31 Å². The van der Waals surface area contributed by atoms with Crippen LogP contribution in [0.3, 0.4) is 0 Å². The van der Waals surface area contributed by atoms with Crippen LogP contribution in [0.5, 0.6) is 0 Å². The van der Waals surface area contributed by atoms with E-state index < -0.39 is 10.0 Å². The van der Waals surface area contributed by atoms with Gasteiger partial charge in [-0.15, -0.1) is 11.3 Å². The summed E-state index contributed by atoms with van der Waals surface area (Å²) >= 11 is 1.47. The maximum atomic E-state index is 13.0. The third-order valence-corrected chi connectivity index (χ3v) is 6.71. The third kappa shape index (κ3) is 3.13. The van der Waals surface area contributed by atoms with Gasteiger partial charge in [-0.25, -0.2) is 8.42 Å². The zero-order chi connectivity index (χ0) is 15.6. The van der Waals surface area contributed by atoms with E-state index >= 15 is 0 Å². The fourth-order valence-electron chi connectivity index (χ4n) is 2.42. The fourth-order valence-corrected chi connectivity index (χ4v) is 5.83. The van der Waals surface area contributed by atoms with E-state index in [1.165, 1.54) is 11.3 Å². The minimum Gasteiger partial charge on any atom is -0.326 e. The van der Waals surface area contributed by atoms with Gasteiger partial charge in [0, 0.05) is 34.6 Å². The molecule has 0 saturated heterocycles. The summed E-state index contributed by atoms with van der Waals surface area (Å²) in [5, 5.41) is 0.783. The van der Waals surface area contributed by atoms with Gasteiger partial charge in [0.15, 0.2) is 0 Å². The van der Waals surface area contributed by atoms with Crippen molar-refractivity contribution in [3.05, 3.63) is 29.1 Å². The van der Waals surface area contributed by atoms with Crippen LogP contribution in [0, 0.1) is 5.92 Å². The first-order valence-corrected chi connectivity index (χ1v) is 9.38. The van der Waals surface area contributed by atoms with E-state index in [4.69, 9.17) is 5.73 Å². The van der Waals surface area contributed by atoms with Crippen LogP contribution in [-0.4, -0.2) is 25.8 Å². The Morgan fingerprint density at radius 1 is 1.29 bits per heavy atom. The summed E-state index contributed by atoms with van der Waals surface area (Å²) in [5.74, 6) is 0.283. The second-order valence-electron chi connectivity index (χ2n) is 5.40. The molecule has 0 spiro atoms.